The summed E-state index contributed by atoms with van der Waals surface area (Å²) in [5.74, 6) is -0.374. The minimum atomic E-state index is -4.47. The van der Waals surface area contributed by atoms with Crippen LogP contribution in [0.2, 0.25) is 0 Å². The van der Waals surface area contributed by atoms with Gasteiger partial charge in [0, 0.05) is 29.8 Å². The van der Waals surface area contributed by atoms with Crippen molar-refractivity contribution in [1.82, 2.24) is 15.0 Å². The quantitative estimate of drug-likeness (QED) is 0.536. The lowest BCUT2D eigenvalue weighted by Crippen LogP contribution is -2.35. The van der Waals surface area contributed by atoms with Crippen LogP contribution in [0.4, 0.5) is 27.8 Å². The van der Waals surface area contributed by atoms with Crippen LogP contribution in [0.25, 0.3) is 10.9 Å². The highest BCUT2D eigenvalue weighted by Gasteiger charge is 2.35. The van der Waals surface area contributed by atoms with Gasteiger partial charge in [0.15, 0.2) is 11.5 Å². The van der Waals surface area contributed by atoms with Gasteiger partial charge in [-0.1, -0.05) is 12.1 Å². The number of aromatic nitrogens is 3. The van der Waals surface area contributed by atoms with Crippen molar-refractivity contribution in [1.29, 1.82) is 0 Å². The first-order valence-electron chi connectivity index (χ1n) is 8.65. The zero-order valence-electron chi connectivity index (χ0n) is 14.5. The van der Waals surface area contributed by atoms with Gasteiger partial charge in [-0.05, 0) is 25.0 Å². The first kappa shape index (κ1) is 19.0. The lowest BCUT2D eigenvalue weighted by Gasteiger charge is -2.33. The Bertz CT molecular complexity index is 988. The summed E-state index contributed by atoms with van der Waals surface area (Å²) >= 11 is 0.981. The summed E-state index contributed by atoms with van der Waals surface area (Å²) in [6.07, 6.45) is -5.89. The van der Waals surface area contributed by atoms with E-state index in [0.29, 0.717) is 47.7 Å². The summed E-state index contributed by atoms with van der Waals surface area (Å²) < 4.78 is 65.0. The predicted octanol–water partition coefficient (Wildman–Crippen LogP) is 5.43. The highest BCUT2D eigenvalue weighted by molar-refractivity contribution is 7.09. The third kappa shape index (κ3) is 3.65. The van der Waals surface area contributed by atoms with E-state index in [2.05, 4.69) is 15.0 Å². The van der Waals surface area contributed by atoms with Crippen LogP contribution in [-0.4, -0.2) is 28.0 Å². The molecule has 4 rings (SSSR count). The smallest absolute Gasteiger partial charge is 0.355 e. The number of hydrogen-bond donors (Lipinski definition) is 0. The Balaban J connectivity index is 1.67. The number of thiazole rings is 1. The van der Waals surface area contributed by atoms with Crippen LogP contribution in [0.1, 0.15) is 41.7 Å². The van der Waals surface area contributed by atoms with Crippen molar-refractivity contribution in [2.45, 2.75) is 31.4 Å². The Hall–Kier alpha value is -2.36. The van der Waals surface area contributed by atoms with Crippen molar-refractivity contribution in [3.63, 3.8) is 0 Å². The van der Waals surface area contributed by atoms with Crippen molar-refractivity contribution in [3.05, 3.63) is 46.2 Å². The monoisotopic (exact) mass is 414 g/mol. The Kier molecular flexibility index (Phi) is 4.90. The van der Waals surface area contributed by atoms with Crippen molar-refractivity contribution in [3.8, 4) is 0 Å². The molecule has 3 aromatic rings. The average molecular weight is 414 g/mol. The molecule has 1 saturated heterocycles. The van der Waals surface area contributed by atoms with E-state index < -0.39 is 24.1 Å². The average Bonchev–Trinajstić information content (AvgIpc) is 3.18. The van der Waals surface area contributed by atoms with Gasteiger partial charge in [0.2, 0.25) is 0 Å². The van der Waals surface area contributed by atoms with E-state index in [0.717, 1.165) is 16.7 Å². The summed E-state index contributed by atoms with van der Waals surface area (Å²) in [5.41, 5.74) is -0.476. The van der Waals surface area contributed by atoms with Crippen LogP contribution in [0.5, 0.6) is 0 Å². The molecule has 2 aromatic heterocycles. The van der Waals surface area contributed by atoms with Crippen LogP contribution in [0.3, 0.4) is 0 Å². The van der Waals surface area contributed by atoms with Crippen LogP contribution in [-0.2, 0) is 6.18 Å². The van der Waals surface area contributed by atoms with Crippen molar-refractivity contribution >= 4 is 28.1 Å². The van der Waals surface area contributed by atoms with E-state index in [1.165, 1.54) is 0 Å². The maximum absolute atomic E-state index is 13.2. The third-order valence-corrected chi connectivity index (χ3v) is 5.69. The van der Waals surface area contributed by atoms with Crippen LogP contribution in [0, 0.1) is 0 Å². The molecule has 0 N–H and O–H groups in total. The Labute approximate surface area is 161 Å². The largest absolute Gasteiger partial charge is 0.434 e. The highest BCUT2D eigenvalue weighted by Crippen LogP contribution is 2.37. The molecule has 1 aliphatic heterocycles. The maximum atomic E-state index is 13.2. The molecule has 10 heteroatoms. The zero-order chi connectivity index (χ0) is 19.9. The lowest BCUT2D eigenvalue weighted by molar-refractivity contribution is -0.140. The highest BCUT2D eigenvalue weighted by atomic mass is 32.1. The molecule has 28 heavy (non-hydrogen) atoms. The zero-order valence-corrected chi connectivity index (χ0v) is 15.3. The molecular formula is C18H15F5N4S. The number of para-hydroxylation sites is 1. The van der Waals surface area contributed by atoms with E-state index in [9.17, 15) is 22.0 Å². The minimum Gasteiger partial charge on any atom is -0.355 e. The summed E-state index contributed by atoms with van der Waals surface area (Å²) in [5, 5.41) is 2.07. The number of hydrogen-bond acceptors (Lipinski definition) is 5. The van der Waals surface area contributed by atoms with Gasteiger partial charge in [0.25, 0.3) is 6.43 Å². The second-order valence-electron chi connectivity index (χ2n) is 6.58. The van der Waals surface area contributed by atoms with E-state index in [4.69, 9.17) is 0 Å². The molecule has 3 heterocycles. The van der Waals surface area contributed by atoms with E-state index >= 15 is 0 Å². The number of anilines is 1. The summed E-state index contributed by atoms with van der Waals surface area (Å²) in [7, 11) is 0. The summed E-state index contributed by atoms with van der Waals surface area (Å²) in [6.45, 7) is 0.951. The first-order valence-corrected chi connectivity index (χ1v) is 9.53. The third-order valence-electron chi connectivity index (χ3n) is 4.68. The van der Waals surface area contributed by atoms with Crippen molar-refractivity contribution in [2.24, 2.45) is 0 Å². The van der Waals surface area contributed by atoms with Crippen molar-refractivity contribution < 1.29 is 22.0 Å². The molecule has 148 valence electrons. The number of halogens is 5. The standard InChI is InChI=1S/C18H15F5N4S/c19-14(20)15-24-12-6-2-1-5-11(12)16(26-15)27-7-3-4-10(8-27)17-25-13(9-28-17)18(21,22)23/h1-2,5-6,9-10,14H,3-4,7-8H2. The normalized spacial score (nSPS) is 18.2. The number of rotatable bonds is 3. The molecule has 0 saturated carbocycles. The fourth-order valence-corrected chi connectivity index (χ4v) is 4.35. The lowest BCUT2D eigenvalue weighted by atomic mass is 9.98. The Morgan fingerprint density at radius 3 is 2.61 bits per heavy atom. The number of benzene rings is 1. The number of piperidine rings is 1. The predicted molar refractivity (Wildman–Crippen MR) is 95.8 cm³/mol. The van der Waals surface area contributed by atoms with Gasteiger partial charge in [0.1, 0.15) is 5.82 Å². The number of nitrogens with zero attached hydrogens (tertiary/aromatic N) is 4. The van der Waals surface area contributed by atoms with E-state index in [1.807, 2.05) is 4.90 Å². The molecule has 0 aliphatic carbocycles. The molecule has 1 fully saturated rings. The number of alkyl halides is 5. The molecule has 1 atom stereocenters. The van der Waals surface area contributed by atoms with Gasteiger partial charge in [-0.2, -0.15) is 13.2 Å². The molecule has 1 aromatic carbocycles. The van der Waals surface area contributed by atoms with Crippen molar-refractivity contribution in [2.75, 3.05) is 18.0 Å². The number of fused-ring (bicyclic) bond motifs is 1. The minimum absolute atomic E-state index is 0.210. The maximum Gasteiger partial charge on any atom is 0.434 e. The van der Waals surface area contributed by atoms with Gasteiger partial charge in [-0.3, -0.25) is 0 Å². The second kappa shape index (κ2) is 7.23. The van der Waals surface area contributed by atoms with Crippen LogP contribution in [0.15, 0.2) is 29.6 Å². The van der Waals surface area contributed by atoms with Gasteiger partial charge in [0.05, 0.1) is 10.5 Å². The SMILES string of the molecule is FC(F)c1nc(N2CCCC(c3nc(C(F)(F)F)cs3)C2)c2ccccc2n1. The summed E-state index contributed by atoms with van der Waals surface area (Å²) in [4.78, 5) is 13.6. The second-order valence-corrected chi connectivity index (χ2v) is 7.47. The van der Waals surface area contributed by atoms with Crippen LogP contribution < -0.4 is 4.90 Å². The Morgan fingerprint density at radius 2 is 1.89 bits per heavy atom. The first-order chi connectivity index (χ1) is 13.3. The van der Waals surface area contributed by atoms with Gasteiger partial charge in [-0.15, -0.1) is 11.3 Å². The molecule has 0 spiro atoms. The molecule has 0 radical (unpaired) electrons. The molecule has 4 nitrogen and oxygen atoms in total. The Morgan fingerprint density at radius 1 is 1.11 bits per heavy atom. The summed E-state index contributed by atoms with van der Waals surface area (Å²) in [6, 6.07) is 6.88. The van der Waals surface area contributed by atoms with E-state index in [-0.39, 0.29) is 5.92 Å². The fourth-order valence-electron chi connectivity index (χ4n) is 3.39. The van der Waals surface area contributed by atoms with Gasteiger partial charge >= 0.3 is 6.18 Å². The molecule has 0 bridgehead atoms. The van der Waals surface area contributed by atoms with Gasteiger partial charge in [-0.25, -0.2) is 23.7 Å². The molecule has 1 unspecified atom stereocenters. The van der Waals surface area contributed by atoms with E-state index in [1.54, 1.807) is 24.3 Å². The molecule has 0 amide bonds. The van der Waals surface area contributed by atoms with Crippen LogP contribution >= 0.6 is 11.3 Å². The van der Waals surface area contributed by atoms with Gasteiger partial charge < -0.3 is 4.90 Å². The topological polar surface area (TPSA) is 41.9 Å². The molecule has 1 aliphatic rings. The fraction of sp³-hybridized carbons (Fsp3) is 0.389. The molecular weight excluding hydrogens is 399 g/mol.